The van der Waals surface area contributed by atoms with Gasteiger partial charge in [0.1, 0.15) is 0 Å². The van der Waals surface area contributed by atoms with Crippen LogP contribution in [0.3, 0.4) is 0 Å². The lowest BCUT2D eigenvalue weighted by atomic mass is 10.1. The van der Waals surface area contributed by atoms with Gasteiger partial charge < -0.3 is 19.7 Å². The third kappa shape index (κ3) is 4.60. The molecule has 8 nitrogen and oxygen atoms in total. The summed E-state index contributed by atoms with van der Waals surface area (Å²) in [7, 11) is 0. The number of hydrogen-bond donors (Lipinski definition) is 2. The molecule has 0 saturated carbocycles. The number of fused-ring (bicyclic) bond motifs is 1. The van der Waals surface area contributed by atoms with Crippen LogP contribution in [-0.4, -0.2) is 56.4 Å². The number of anilines is 2. The van der Waals surface area contributed by atoms with Crippen molar-refractivity contribution in [2.75, 3.05) is 49.7 Å². The molecule has 0 bridgehead atoms. The molecule has 0 spiro atoms. The first-order valence-corrected chi connectivity index (χ1v) is 9.62. The smallest absolute Gasteiger partial charge is 0.325 e. The predicted octanol–water partition coefficient (Wildman–Crippen LogP) is 2.19. The normalized spacial score (nSPS) is 15.8. The van der Waals surface area contributed by atoms with E-state index in [1.807, 2.05) is 12.1 Å². The summed E-state index contributed by atoms with van der Waals surface area (Å²) in [5.41, 5.74) is 3.02. The minimum atomic E-state index is -0.563. The Balaban J connectivity index is 1.23. The molecule has 0 unspecified atom stereocenters. The molecule has 0 aromatic heterocycles. The van der Waals surface area contributed by atoms with Crippen molar-refractivity contribution in [1.82, 2.24) is 10.2 Å². The summed E-state index contributed by atoms with van der Waals surface area (Å²) in [6.45, 7) is 5.70. The molecule has 4 rings (SSSR count). The average Bonchev–Trinajstić information content (AvgIpc) is 3.17. The van der Waals surface area contributed by atoms with Crippen LogP contribution in [0.25, 0.3) is 0 Å². The summed E-state index contributed by atoms with van der Waals surface area (Å²) < 4.78 is 10.5. The molecule has 2 aromatic rings. The van der Waals surface area contributed by atoms with Gasteiger partial charge in [-0.1, -0.05) is 18.2 Å². The molecule has 2 aliphatic heterocycles. The lowest BCUT2D eigenvalue weighted by Crippen LogP contribution is -2.50. The Morgan fingerprint density at radius 1 is 1.00 bits per heavy atom. The minimum absolute atomic E-state index is 0.167. The van der Waals surface area contributed by atoms with Crippen LogP contribution in [0.2, 0.25) is 0 Å². The van der Waals surface area contributed by atoms with Crippen molar-refractivity contribution in [2.45, 2.75) is 6.92 Å². The van der Waals surface area contributed by atoms with E-state index in [-0.39, 0.29) is 19.2 Å². The summed E-state index contributed by atoms with van der Waals surface area (Å²) in [6.07, 6.45) is 0. The monoisotopic (exact) mass is 396 g/mol. The zero-order valence-corrected chi connectivity index (χ0v) is 16.3. The number of aryl methyl sites for hydroxylation is 1. The van der Waals surface area contributed by atoms with E-state index in [0.717, 1.165) is 26.2 Å². The average molecular weight is 396 g/mol. The van der Waals surface area contributed by atoms with E-state index >= 15 is 0 Å². The largest absolute Gasteiger partial charge is 0.454 e. The third-order valence-electron chi connectivity index (χ3n) is 5.08. The van der Waals surface area contributed by atoms with E-state index in [2.05, 4.69) is 39.5 Å². The highest BCUT2D eigenvalue weighted by molar-refractivity contribution is 6.01. The van der Waals surface area contributed by atoms with Gasteiger partial charge in [-0.3, -0.25) is 15.0 Å². The predicted molar refractivity (Wildman–Crippen MR) is 110 cm³/mol. The van der Waals surface area contributed by atoms with Gasteiger partial charge in [0.25, 0.3) is 0 Å². The Hall–Kier alpha value is -3.26. The Morgan fingerprint density at radius 2 is 1.76 bits per heavy atom. The van der Waals surface area contributed by atoms with E-state index < -0.39 is 6.03 Å². The molecule has 1 fully saturated rings. The van der Waals surface area contributed by atoms with Crippen LogP contribution in [0.15, 0.2) is 42.5 Å². The molecular weight excluding hydrogens is 372 g/mol. The maximum absolute atomic E-state index is 12.2. The maximum Gasteiger partial charge on any atom is 0.325 e. The third-order valence-corrected chi connectivity index (χ3v) is 5.08. The van der Waals surface area contributed by atoms with Gasteiger partial charge in [-0.2, -0.15) is 0 Å². The number of amides is 3. The van der Waals surface area contributed by atoms with Crippen molar-refractivity contribution in [3.63, 3.8) is 0 Å². The number of ether oxygens (including phenoxy) is 2. The molecular formula is C21H24N4O4. The Kier molecular flexibility index (Phi) is 5.53. The molecule has 1 saturated heterocycles. The number of nitrogens with zero attached hydrogens (tertiary/aromatic N) is 2. The van der Waals surface area contributed by atoms with E-state index in [0.29, 0.717) is 17.2 Å². The van der Waals surface area contributed by atoms with Crippen LogP contribution >= 0.6 is 0 Å². The number of rotatable bonds is 4. The minimum Gasteiger partial charge on any atom is -0.454 e. The summed E-state index contributed by atoms with van der Waals surface area (Å²) in [5, 5.41) is 5.02. The van der Waals surface area contributed by atoms with Crippen LogP contribution in [-0.2, 0) is 4.79 Å². The van der Waals surface area contributed by atoms with Gasteiger partial charge in [-0.15, -0.1) is 0 Å². The molecule has 29 heavy (non-hydrogen) atoms. The number of nitrogens with one attached hydrogen (secondary N) is 2. The van der Waals surface area contributed by atoms with Crippen LogP contribution in [0.5, 0.6) is 11.5 Å². The van der Waals surface area contributed by atoms with Gasteiger partial charge in [0.15, 0.2) is 11.5 Å². The first-order chi connectivity index (χ1) is 14.1. The second kappa shape index (κ2) is 8.40. The van der Waals surface area contributed by atoms with Gasteiger partial charge in [-0.05, 0) is 30.7 Å². The van der Waals surface area contributed by atoms with E-state index in [1.165, 1.54) is 11.3 Å². The highest BCUT2D eigenvalue weighted by atomic mass is 16.7. The van der Waals surface area contributed by atoms with Crippen molar-refractivity contribution in [3.05, 3.63) is 48.0 Å². The summed E-state index contributed by atoms with van der Waals surface area (Å²) in [5.74, 6) is 0.880. The van der Waals surface area contributed by atoms with Crippen LogP contribution in [0, 0.1) is 6.92 Å². The first kappa shape index (κ1) is 19.1. The van der Waals surface area contributed by atoms with Crippen molar-refractivity contribution >= 4 is 23.3 Å². The summed E-state index contributed by atoms with van der Waals surface area (Å²) in [4.78, 5) is 28.7. The lowest BCUT2D eigenvalue weighted by Gasteiger charge is -2.36. The zero-order chi connectivity index (χ0) is 20.2. The molecule has 0 atom stereocenters. The van der Waals surface area contributed by atoms with E-state index in [4.69, 9.17) is 9.47 Å². The second-order valence-corrected chi connectivity index (χ2v) is 7.12. The van der Waals surface area contributed by atoms with Crippen molar-refractivity contribution in [3.8, 4) is 11.5 Å². The number of imide groups is 1. The summed E-state index contributed by atoms with van der Waals surface area (Å²) in [6, 6.07) is 12.8. The van der Waals surface area contributed by atoms with Crippen LogP contribution < -0.4 is 25.0 Å². The number of urea groups is 1. The molecule has 3 amide bonds. The molecule has 152 valence electrons. The number of carbonyl (C=O) groups excluding carboxylic acids is 2. The van der Waals surface area contributed by atoms with Crippen LogP contribution in [0.1, 0.15) is 5.56 Å². The molecule has 8 heteroatoms. The van der Waals surface area contributed by atoms with Gasteiger partial charge >= 0.3 is 6.03 Å². The van der Waals surface area contributed by atoms with E-state index in [1.54, 1.807) is 18.2 Å². The highest BCUT2D eigenvalue weighted by Crippen LogP contribution is 2.34. The number of benzene rings is 2. The second-order valence-electron chi connectivity index (χ2n) is 7.12. The number of hydrogen-bond acceptors (Lipinski definition) is 6. The van der Waals surface area contributed by atoms with E-state index in [9.17, 15) is 9.59 Å². The fraction of sp³-hybridized carbons (Fsp3) is 0.333. The van der Waals surface area contributed by atoms with Gasteiger partial charge in [0.05, 0.1) is 6.54 Å². The quantitative estimate of drug-likeness (QED) is 0.825. The highest BCUT2D eigenvalue weighted by Gasteiger charge is 2.21. The van der Waals surface area contributed by atoms with Crippen LogP contribution in [0.4, 0.5) is 16.2 Å². The Bertz CT molecular complexity index is 909. The first-order valence-electron chi connectivity index (χ1n) is 9.62. The topological polar surface area (TPSA) is 83.1 Å². The molecule has 0 aliphatic carbocycles. The SMILES string of the molecule is Cc1ccccc1N1CCN(CC(=O)NC(=O)Nc2ccc3c(c2)OCO3)CC1. The fourth-order valence-electron chi connectivity index (χ4n) is 3.57. The maximum atomic E-state index is 12.2. The molecule has 0 radical (unpaired) electrons. The number of para-hydroxylation sites is 1. The fourth-order valence-corrected chi connectivity index (χ4v) is 3.57. The molecule has 2 N–H and O–H groups in total. The Morgan fingerprint density at radius 3 is 2.55 bits per heavy atom. The molecule has 2 heterocycles. The molecule has 2 aromatic carbocycles. The van der Waals surface area contributed by atoms with Crippen molar-refractivity contribution < 1.29 is 19.1 Å². The van der Waals surface area contributed by atoms with Crippen molar-refractivity contribution in [2.24, 2.45) is 0 Å². The number of piperazine rings is 1. The van der Waals surface area contributed by atoms with Crippen molar-refractivity contribution in [1.29, 1.82) is 0 Å². The molecule has 2 aliphatic rings. The summed E-state index contributed by atoms with van der Waals surface area (Å²) >= 11 is 0. The van der Waals surface area contributed by atoms with Gasteiger partial charge in [-0.25, -0.2) is 4.79 Å². The lowest BCUT2D eigenvalue weighted by molar-refractivity contribution is -0.121. The standard InChI is InChI=1S/C21H24N4O4/c1-15-4-2-3-5-17(15)25-10-8-24(9-11-25)13-20(26)23-21(27)22-16-6-7-18-19(12-16)29-14-28-18/h2-7,12H,8-11,13-14H2,1H3,(H2,22,23,26,27). The zero-order valence-electron chi connectivity index (χ0n) is 16.3. The van der Waals surface area contributed by atoms with Gasteiger partial charge in [0.2, 0.25) is 12.7 Å². The van der Waals surface area contributed by atoms with Gasteiger partial charge in [0, 0.05) is 43.6 Å². The number of carbonyl (C=O) groups is 2. The Labute approximate surface area is 169 Å².